The van der Waals surface area contributed by atoms with Gasteiger partial charge in [-0.25, -0.2) is 0 Å². The van der Waals surface area contributed by atoms with Crippen molar-refractivity contribution in [1.29, 1.82) is 0 Å². The van der Waals surface area contributed by atoms with E-state index in [0.29, 0.717) is 5.56 Å². The summed E-state index contributed by atoms with van der Waals surface area (Å²) in [5, 5.41) is 0. The van der Waals surface area contributed by atoms with Crippen molar-refractivity contribution in [2.75, 3.05) is 13.2 Å². The van der Waals surface area contributed by atoms with Gasteiger partial charge < -0.3 is 14.8 Å². The molecule has 0 radical (unpaired) electrons. The third-order valence-corrected chi connectivity index (χ3v) is 4.22. The molecule has 1 aromatic carbocycles. The second-order valence-corrected chi connectivity index (χ2v) is 5.72. The number of hydrogen-bond donors (Lipinski definition) is 1. The summed E-state index contributed by atoms with van der Waals surface area (Å²) in [5.74, 6) is -0.821. The summed E-state index contributed by atoms with van der Waals surface area (Å²) in [7, 11) is -3.43. The smallest absolute Gasteiger partial charge is 0.314 e. The largest absolute Gasteiger partial charge is 0.352 e. The summed E-state index contributed by atoms with van der Waals surface area (Å²) in [6.45, 7) is 7.27. The molecule has 5 heteroatoms. The van der Waals surface area contributed by atoms with E-state index in [0.717, 1.165) is 0 Å². The Morgan fingerprint density at radius 1 is 1.17 bits per heavy atom. The van der Waals surface area contributed by atoms with Crippen molar-refractivity contribution in [3.63, 3.8) is 0 Å². The zero-order valence-corrected chi connectivity index (χ0v) is 11.1. The first-order chi connectivity index (χ1) is 8.64. The maximum Gasteiger partial charge on any atom is 0.352 e. The highest BCUT2D eigenvalue weighted by atomic mass is 31.2. The Morgan fingerprint density at radius 2 is 1.67 bits per heavy atom. The Labute approximate surface area is 108 Å². The lowest BCUT2D eigenvalue weighted by Gasteiger charge is -2.23. The molecule has 1 rings (SSSR count). The van der Waals surface area contributed by atoms with Gasteiger partial charge in [0.05, 0.1) is 13.2 Å². The fraction of sp³-hybridized carbons (Fsp3) is 0.231. The molecule has 1 aromatic rings. The Morgan fingerprint density at radius 3 is 2.11 bits per heavy atom. The van der Waals surface area contributed by atoms with Crippen LogP contribution in [0.25, 0.3) is 0 Å². The molecule has 0 unspecified atom stereocenters. The van der Waals surface area contributed by atoms with Crippen LogP contribution in [0.5, 0.6) is 0 Å². The van der Waals surface area contributed by atoms with Crippen LogP contribution in [0.15, 0.2) is 55.6 Å². The average Bonchev–Trinajstić information content (AvgIpc) is 2.43. The molecular formula is C13H18NO3P. The minimum Gasteiger partial charge on any atom is -0.314 e. The lowest BCUT2D eigenvalue weighted by Crippen LogP contribution is -2.15. The minimum absolute atomic E-state index is 0.120. The number of benzene rings is 1. The summed E-state index contributed by atoms with van der Waals surface area (Å²) in [5.41, 5.74) is 6.68. The van der Waals surface area contributed by atoms with Crippen molar-refractivity contribution in [2.24, 2.45) is 5.73 Å². The minimum atomic E-state index is -3.43. The van der Waals surface area contributed by atoms with Gasteiger partial charge in [-0.2, -0.15) is 0 Å². The van der Waals surface area contributed by atoms with E-state index in [1.165, 1.54) is 12.2 Å². The van der Waals surface area contributed by atoms with E-state index < -0.39 is 13.4 Å². The molecule has 4 nitrogen and oxygen atoms in total. The van der Waals surface area contributed by atoms with Gasteiger partial charge in [0.25, 0.3) is 0 Å². The zero-order chi connectivity index (χ0) is 13.4. The standard InChI is InChI=1S/C13H18NO3P/c1-3-10-16-18(15,17-11-4-2)13(14)12-8-6-5-7-9-12/h3-9,13H,1-2,10-11,14H2/t13-/m0/s1. The maximum atomic E-state index is 12.6. The van der Waals surface area contributed by atoms with Gasteiger partial charge in [-0.1, -0.05) is 42.5 Å². The first kappa shape index (κ1) is 14.9. The summed E-state index contributed by atoms with van der Waals surface area (Å²) in [6, 6.07) is 9.06. The fourth-order valence-corrected chi connectivity index (χ4v) is 2.90. The zero-order valence-electron chi connectivity index (χ0n) is 10.2. The van der Waals surface area contributed by atoms with E-state index in [1.54, 1.807) is 12.1 Å². The molecule has 0 aliphatic rings. The molecule has 0 amide bonds. The van der Waals surface area contributed by atoms with Crippen LogP contribution in [0, 0.1) is 0 Å². The maximum absolute atomic E-state index is 12.6. The van der Waals surface area contributed by atoms with Gasteiger partial charge >= 0.3 is 7.60 Å². The summed E-state index contributed by atoms with van der Waals surface area (Å²) < 4.78 is 23.0. The van der Waals surface area contributed by atoms with Gasteiger partial charge in [0.1, 0.15) is 5.78 Å². The van der Waals surface area contributed by atoms with Gasteiger partial charge in [0, 0.05) is 0 Å². The van der Waals surface area contributed by atoms with Crippen LogP contribution in [-0.4, -0.2) is 13.2 Å². The van der Waals surface area contributed by atoms with E-state index >= 15 is 0 Å². The van der Waals surface area contributed by atoms with E-state index in [1.807, 2.05) is 18.2 Å². The van der Waals surface area contributed by atoms with Gasteiger partial charge in [-0.3, -0.25) is 4.57 Å². The molecule has 0 saturated carbocycles. The van der Waals surface area contributed by atoms with Crippen molar-refractivity contribution < 1.29 is 13.6 Å². The van der Waals surface area contributed by atoms with Crippen molar-refractivity contribution in [3.05, 3.63) is 61.2 Å². The number of nitrogens with two attached hydrogens (primary N) is 1. The molecule has 0 saturated heterocycles. The molecule has 2 N–H and O–H groups in total. The van der Waals surface area contributed by atoms with E-state index in [2.05, 4.69) is 13.2 Å². The van der Waals surface area contributed by atoms with E-state index in [-0.39, 0.29) is 13.2 Å². The normalized spacial score (nSPS) is 12.9. The third kappa shape index (κ3) is 3.93. The van der Waals surface area contributed by atoms with E-state index in [9.17, 15) is 4.57 Å². The predicted octanol–water partition coefficient (Wildman–Crippen LogP) is 3.24. The SMILES string of the molecule is C=CCOP(=O)(OCC=C)[C@H](N)c1ccccc1. The van der Waals surface area contributed by atoms with Gasteiger partial charge in [-0.05, 0) is 5.56 Å². The second kappa shape index (κ2) is 7.29. The van der Waals surface area contributed by atoms with Gasteiger partial charge in [0.15, 0.2) is 0 Å². The van der Waals surface area contributed by atoms with E-state index in [4.69, 9.17) is 14.8 Å². The molecule has 0 aromatic heterocycles. The van der Waals surface area contributed by atoms with Crippen LogP contribution < -0.4 is 5.73 Å². The Kier molecular flexibility index (Phi) is 6.02. The van der Waals surface area contributed by atoms with Crippen LogP contribution >= 0.6 is 7.60 Å². The highest BCUT2D eigenvalue weighted by Gasteiger charge is 2.33. The fourth-order valence-electron chi connectivity index (χ4n) is 1.34. The molecule has 18 heavy (non-hydrogen) atoms. The molecule has 0 bridgehead atoms. The van der Waals surface area contributed by atoms with Crippen LogP contribution in [0.2, 0.25) is 0 Å². The Bertz CT molecular complexity index is 417. The highest BCUT2D eigenvalue weighted by Crippen LogP contribution is 2.58. The second-order valence-electron chi connectivity index (χ2n) is 3.56. The van der Waals surface area contributed by atoms with Crippen molar-refractivity contribution in [1.82, 2.24) is 0 Å². The number of rotatable bonds is 8. The molecule has 0 fully saturated rings. The van der Waals surface area contributed by atoms with Crippen molar-refractivity contribution in [3.8, 4) is 0 Å². The monoisotopic (exact) mass is 267 g/mol. The first-order valence-corrected chi connectivity index (χ1v) is 7.16. The van der Waals surface area contributed by atoms with Crippen LogP contribution in [-0.2, 0) is 13.6 Å². The third-order valence-electron chi connectivity index (χ3n) is 2.23. The summed E-state index contributed by atoms with van der Waals surface area (Å²) in [4.78, 5) is 0. The molecule has 0 aliphatic heterocycles. The van der Waals surface area contributed by atoms with Crippen molar-refractivity contribution >= 4 is 7.60 Å². The lowest BCUT2D eigenvalue weighted by molar-refractivity contribution is 0.228. The van der Waals surface area contributed by atoms with Gasteiger partial charge in [-0.15, -0.1) is 13.2 Å². The summed E-state index contributed by atoms with van der Waals surface area (Å²) >= 11 is 0. The molecule has 98 valence electrons. The Hall–Kier alpha value is -1.19. The Balaban J connectivity index is 2.91. The van der Waals surface area contributed by atoms with Crippen LogP contribution in [0.3, 0.4) is 0 Å². The highest BCUT2D eigenvalue weighted by molar-refractivity contribution is 7.54. The van der Waals surface area contributed by atoms with Crippen LogP contribution in [0.4, 0.5) is 0 Å². The summed E-state index contributed by atoms with van der Waals surface area (Å²) in [6.07, 6.45) is 3.00. The molecule has 0 spiro atoms. The predicted molar refractivity (Wildman–Crippen MR) is 73.3 cm³/mol. The number of hydrogen-bond acceptors (Lipinski definition) is 4. The van der Waals surface area contributed by atoms with Gasteiger partial charge in [0.2, 0.25) is 0 Å². The average molecular weight is 267 g/mol. The first-order valence-electron chi connectivity index (χ1n) is 5.55. The van der Waals surface area contributed by atoms with Crippen molar-refractivity contribution in [2.45, 2.75) is 5.78 Å². The quantitative estimate of drug-likeness (QED) is 0.580. The van der Waals surface area contributed by atoms with Crippen LogP contribution in [0.1, 0.15) is 11.3 Å². The lowest BCUT2D eigenvalue weighted by atomic mass is 10.2. The molecular weight excluding hydrogens is 249 g/mol. The molecule has 1 atom stereocenters. The molecule has 0 heterocycles. The topological polar surface area (TPSA) is 61.5 Å². The molecule has 0 aliphatic carbocycles.